The number of benzene rings is 1. The Morgan fingerprint density at radius 3 is 2.12 bits per heavy atom. The van der Waals surface area contributed by atoms with Crippen molar-refractivity contribution in [2.24, 2.45) is 0 Å². The normalized spacial score (nSPS) is 13.8. The van der Waals surface area contributed by atoms with Crippen molar-refractivity contribution in [3.8, 4) is 0 Å². The van der Waals surface area contributed by atoms with Crippen LogP contribution in [0.4, 0.5) is 0 Å². The molecule has 90 valence electrons. The molecule has 1 unspecified atom stereocenters. The van der Waals surface area contributed by atoms with Crippen molar-refractivity contribution in [2.75, 3.05) is 21.3 Å². The second kappa shape index (κ2) is 5.79. The molecule has 0 bridgehead atoms. The standard InChI is InChI=1S/C11H17ClO3Si/c1-9(16(13-2,14-3)15-4)10-6-5-7-11(12)8-10/h5-9H,1-4H3. The van der Waals surface area contributed by atoms with Crippen LogP contribution in [0.2, 0.25) is 5.02 Å². The summed E-state index contributed by atoms with van der Waals surface area (Å²) in [5.41, 5.74) is 1.11. The molecule has 0 fully saturated rings. The van der Waals surface area contributed by atoms with Crippen molar-refractivity contribution in [2.45, 2.75) is 12.5 Å². The number of hydrogen-bond acceptors (Lipinski definition) is 3. The van der Waals surface area contributed by atoms with Crippen LogP contribution >= 0.6 is 11.6 Å². The topological polar surface area (TPSA) is 27.7 Å². The van der Waals surface area contributed by atoms with Crippen LogP contribution in [0.5, 0.6) is 0 Å². The Bertz CT molecular complexity index is 333. The summed E-state index contributed by atoms with van der Waals surface area (Å²) in [6.07, 6.45) is 0. The highest BCUT2D eigenvalue weighted by Crippen LogP contribution is 2.29. The molecule has 16 heavy (non-hydrogen) atoms. The molecule has 1 rings (SSSR count). The Kier molecular flexibility index (Phi) is 4.95. The van der Waals surface area contributed by atoms with Crippen molar-refractivity contribution in [1.82, 2.24) is 0 Å². The van der Waals surface area contributed by atoms with Gasteiger partial charge >= 0.3 is 8.80 Å². The minimum atomic E-state index is -2.64. The molecule has 1 aromatic carbocycles. The maximum Gasteiger partial charge on any atom is 0.507 e. The highest BCUT2D eigenvalue weighted by Gasteiger charge is 2.45. The predicted molar refractivity (Wildman–Crippen MR) is 66.6 cm³/mol. The third kappa shape index (κ3) is 2.64. The van der Waals surface area contributed by atoms with E-state index in [2.05, 4.69) is 0 Å². The third-order valence-corrected chi connectivity index (χ3v) is 6.07. The molecule has 0 amide bonds. The molecule has 0 N–H and O–H groups in total. The van der Waals surface area contributed by atoms with Gasteiger partial charge in [-0.15, -0.1) is 0 Å². The molecule has 0 spiro atoms. The van der Waals surface area contributed by atoms with Crippen LogP contribution in [-0.2, 0) is 13.3 Å². The molecular formula is C11H17ClO3Si. The van der Waals surface area contributed by atoms with Gasteiger partial charge < -0.3 is 13.3 Å². The lowest BCUT2D eigenvalue weighted by atomic mass is 10.2. The lowest BCUT2D eigenvalue weighted by Gasteiger charge is -2.30. The first-order valence-electron chi connectivity index (χ1n) is 5.00. The van der Waals surface area contributed by atoms with E-state index in [0.29, 0.717) is 5.02 Å². The van der Waals surface area contributed by atoms with Gasteiger partial charge in [0.1, 0.15) is 0 Å². The van der Waals surface area contributed by atoms with Crippen LogP contribution in [0, 0.1) is 0 Å². The molecule has 0 aliphatic rings. The average Bonchev–Trinajstić information content (AvgIpc) is 2.32. The summed E-state index contributed by atoms with van der Waals surface area (Å²) in [4.78, 5) is 0. The summed E-state index contributed by atoms with van der Waals surface area (Å²) < 4.78 is 16.3. The van der Waals surface area contributed by atoms with Gasteiger partial charge in [0.2, 0.25) is 0 Å². The fraction of sp³-hybridized carbons (Fsp3) is 0.455. The number of halogens is 1. The molecule has 0 saturated heterocycles. The van der Waals surface area contributed by atoms with Crippen molar-refractivity contribution >= 4 is 20.4 Å². The van der Waals surface area contributed by atoms with Gasteiger partial charge in [-0.2, -0.15) is 0 Å². The van der Waals surface area contributed by atoms with E-state index in [9.17, 15) is 0 Å². The van der Waals surface area contributed by atoms with E-state index in [-0.39, 0.29) is 5.54 Å². The largest absolute Gasteiger partial charge is 0.507 e. The Morgan fingerprint density at radius 2 is 1.69 bits per heavy atom. The second-order valence-corrected chi connectivity index (χ2v) is 7.23. The highest BCUT2D eigenvalue weighted by atomic mass is 35.5. The van der Waals surface area contributed by atoms with Crippen molar-refractivity contribution < 1.29 is 13.3 Å². The van der Waals surface area contributed by atoms with Crippen molar-refractivity contribution in [3.63, 3.8) is 0 Å². The Labute approximate surface area is 103 Å². The van der Waals surface area contributed by atoms with E-state index in [4.69, 9.17) is 24.9 Å². The van der Waals surface area contributed by atoms with Crippen molar-refractivity contribution in [3.05, 3.63) is 34.9 Å². The van der Waals surface area contributed by atoms with Crippen molar-refractivity contribution in [1.29, 1.82) is 0 Å². The zero-order valence-corrected chi connectivity index (χ0v) is 11.7. The SMILES string of the molecule is CO[Si](OC)(OC)C(C)c1cccc(Cl)c1. The summed E-state index contributed by atoms with van der Waals surface area (Å²) in [7, 11) is 2.19. The minimum absolute atomic E-state index is 0.0474. The lowest BCUT2D eigenvalue weighted by Crippen LogP contribution is -2.48. The monoisotopic (exact) mass is 260 g/mol. The van der Waals surface area contributed by atoms with Crippen LogP contribution in [-0.4, -0.2) is 30.1 Å². The van der Waals surface area contributed by atoms with Gasteiger partial charge in [-0.1, -0.05) is 30.7 Å². The number of rotatable bonds is 5. The maximum absolute atomic E-state index is 5.96. The smallest absolute Gasteiger partial charge is 0.376 e. The molecule has 1 atom stereocenters. The van der Waals surface area contributed by atoms with E-state index >= 15 is 0 Å². The Hall–Kier alpha value is -0.393. The molecule has 0 aliphatic heterocycles. The van der Waals surface area contributed by atoms with E-state index < -0.39 is 8.80 Å². The molecular weight excluding hydrogens is 244 g/mol. The van der Waals surface area contributed by atoms with Crippen LogP contribution < -0.4 is 0 Å². The van der Waals surface area contributed by atoms with Gasteiger partial charge in [-0.25, -0.2) is 0 Å². The molecule has 5 heteroatoms. The van der Waals surface area contributed by atoms with Gasteiger partial charge in [0, 0.05) is 26.4 Å². The molecule has 0 radical (unpaired) electrons. The minimum Gasteiger partial charge on any atom is -0.376 e. The Balaban J connectivity index is 3.03. The zero-order valence-electron chi connectivity index (χ0n) is 9.99. The van der Waals surface area contributed by atoms with Gasteiger partial charge in [-0.05, 0) is 17.7 Å². The molecule has 0 heterocycles. The van der Waals surface area contributed by atoms with E-state index in [1.54, 1.807) is 21.3 Å². The fourth-order valence-corrected chi connectivity index (χ4v) is 4.11. The summed E-state index contributed by atoms with van der Waals surface area (Å²) in [5.74, 6) is 0. The molecule has 1 aromatic rings. The van der Waals surface area contributed by atoms with E-state index in [0.717, 1.165) is 5.56 Å². The van der Waals surface area contributed by atoms with Crippen LogP contribution in [0.1, 0.15) is 18.0 Å². The molecule has 0 aromatic heterocycles. The lowest BCUT2D eigenvalue weighted by molar-refractivity contribution is 0.114. The number of hydrogen-bond donors (Lipinski definition) is 0. The van der Waals surface area contributed by atoms with Gasteiger partial charge in [0.15, 0.2) is 0 Å². The highest BCUT2D eigenvalue weighted by molar-refractivity contribution is 6.62. The maximum atomic E-state index is 5.96. The van der Waals surface area contributed by atoms with E-state index in [1.807, 2.05) is 31.2 Å². The third-order valence-electron chi connectivity index (χ3n) is 2.73. The first-order valence-corrected chi connectivity index (χ1v) is 7.18. The fourth-order valence-electron chi connectivity index (χ4n) is 1.76. The molecule has 0 saturated carbocycles. The summed E-state index contributed by atoms with van der Waals surface area (Å²) in [5, 5.41) is 0.704. The zero-order chi connectivity index (χ0) is 12.2. The predicted octanol–water partition coefficient (Wildman–Crippen LogP) is 2.86. The van der Waals surface area contributed by atoms with E-state index in [1.165, 1.54) is 0 Å². The summed E-state index contributed by atoms with van der Waals surface area (Å²) in [6, 6.07) is 7.65. The van der Waals surface area contributed by atoms with Gasteiger partial charge in [0.25, 0.3) is 0 Å². The van der Waals surface area contributed by atoms with Crippen LogP contribution in [0.3, 0.4) is 0 Å². The average molecular weight is 261 g/mol. The molecule has 3 nitrogen and oxygen atoms in total. The van der Waals surface area contributed by atoms with Gasteiger partial charge in [0.05, 0.1) is 5.54 Å². The summed E-state index contributed by atoms with van der Waals surface area (Å²) in [6.45, 7) is 2.02. The summed E-state index contributed by atoms with van der Waals surface area (Å²) >= 11 is 5.96. The first kappa shape index (κ1) is 13.7. The first-order chi connectivity index (χ1) is 7.59. The van der Waals surface area contributed by atoms with Crippen LogP contribution in [0.25, 0.3) is 0 Å². The Morgan fingerprint density at radius 1 is 1.12 bits per heavy atom. The quantitative estimate of drug-likeness (QED) is 0.762. The van der Waals surface area contributed by atoms with Crippen LogP contribution in [0.15, 0.2) is 24.3 Å². The molecule has 0 aliphatic carbocycles. The second-order valence-electron chi connectivity index (χ2n) is 3.49. The van der Waals surface area contributed by atoms with Gasteiger partial charge in [-0.3, -0.25) is 0 Å².